The van der Waals surface area contributed by atoms with Crippen molar-refractivity contribution in [3.8, 4) is 22.9 Å². The van der Waals surface area contributed by atoms with E-state index in [0.29, 0.717) is 24.9 Å². The summed E-state index contributed by atoms with van der Waals surface area (Å²) in [6.07, 6.45) is 2.00. The predicted molar refractivity (Wildman–Crippen MR) is 128 cm³/mol. The Morgan fingerprint density at radius 1 is 1.12 bits per heavy atom. The van der Waals surface area contributed by atoms with Crippen LogP contribution >= 0.6 is 23.2 Å². The lowest BCUT2D eigenvalue weighted by Crippen LogP contribution is -2.42. The van der Waals surface area contributed by atoms with Gasteiger partial charge in [-0.2, -0.15) is 9.78 Å². The van der Waals surface area contributed by atoms with E-state index in [1.807, 2.05) is 0 Å². The molecule has 178 valence electrons. The fourth-order valence-electron chi connectivity index (χ4n) is 4.17. The zero-order chi connectivity index (χ0) is 24.6. The van der Waals surface area contributed by atoms with Gasteiger partial charge in [-0.15, -0.1) is 0 Å². The van der Waals surface area contributed by atoms with Crippen molar-refractivity contribution in [2.75, 3.05) is 13.1 Å². The number of nitrogens with zero attached hydrogens (tertiary/aromatic N) is 3. The Morgan fingerprint density at radius 3 is 2.38 bits per heavy atom. The number of nitrogens with one attached hydrogen (secondary N) is 1. The minimum Gasteiger partial charge on any atom is -0.507 e. The monoisotopic (exact) mass is 504 g/mol. The zero-order valence-corrected chi connectivity index (χ0v) is 19.9. The molecule has 9 nitrogen and oxygen atoms in total. The molecule has 1 amide bonds. The average Bonchev–Trinajstić information content (AvgIpc) is 2.76. The van der Waals surface area contributed by atoms with Crippen molar-refractivity contribution >= 4 is 29.1 Å². The van der Waals surface area contributed by atoms with Gasteiger partial charge in [-0.3, -0.25) is 14.6 Å². The van der Waals surface area contributed by atoms with E-state index in [9.17, 15) is 19.5 Å². The number of hydrogen-bond donors (Lipinski definition) is 2. The average molecular weight is 505 g/mol. The molecule has 1 aromatic heterocycles. The number of piperidine rings is 1. The van der Waals surface area contributed by atoms with Gasteiger partial charge in [-0.25, -0.2) is 4.79 Å². The second-order valence-electron chi connectivity index (χ2n) is 8.53. The van der Waals surface area contributed by atoms with Crippen LogP contribution in [0.4, 0.5) is 0 Å². The van der Waals surface area contributed by atoms with E-state index in [4.69, 9.17) is 27.9 Å². The number of amides is 1. The van der Waals surface area contributed by atoms with Crippen LogP contribution in [0.2, 0.25) is 10.0 Å². The normalized spacial score (nSPS) is 18.1. The molecule has 34 heavy (non-hydrogen) atoms. The molecule has 3 aromatic rings. The van der Waals surface area contributed by atoms with Crippen molar-refractivity contribution in [1.82, 2.24) is 19.7 Å². The van der Waals surface area contributed by atoms with Gasteiger partial charge < -0.3 is 14.7 Å². The summed E-state index contributed by atoms with van der Waals surface area (Å²) in [5, 5.41) is 14.2. The Balaban J connectivity index is 1.62. The van der Waals surface area contributed by atoms with Crippen LogP contribution in [0.15, 0.2) is 46.1 Å². The maximum Gasteiger partial charge on any atom is 0.349 e. The first-order valence-corrected chi connectivity index (χ1v) is 11.4. The Labute approximate surface area is 204 Å². The molecule has 1 aliphatic rings. The lowest BCUT2D eigenvalue weighted by Gasteiger charge is -2.35. The van der Waals surface area contributed by atoms with Gasteiger partial charge in [0.1, 0.15) is 17.7 Å². The Bertz CT molecular complexity index is 1340. The SMILES string of the molecule is C[C@@H]1C[C@H](C)CN(C(=O)c2cc(Oc3c(Cl)cc(-n4ncc(=O)[nH]c4=O)cc3Cl)ccc2O)C1. The number of aromatic hydroxyl groups is 1. The van der Waals surface area contributed by atoms with Gasteiger partial charge in [0, 0.05) is 13.1 Å². The molecule has 2 heterocycles. The second kappa shape index (κ2) is 9.52. The highest BCUT2D eigenvalue weighted by molar-refractivity contribution is 6.37. The molecule has 0 saturated carbocycles. The molecule has 2 N–H and O–H groups in total. The minimum atomic E-state index is -0.753. The smallest absolute Gasteiger partial charge is 0.349 e. The zero-order valence-electron chi connectivity index (χ0n) is 18.4. The number of benzene rings is 2. The number of carbonyl (C=O) groups is 1. The molecule has 0 radical (unpaired) electrons. The summed E-state index contributed by atoms with van der Waals surface area (Å²) < 4.78 is 6.78. The molecule has 11 heteroatoms. The van der Waals surface area contributed by atoms with E-state index in [1.54, 1.807) is 4.90 Å². The third-order valence-electron chi connectivity index (χ3n) is 5.51. The van der Waals surface area contributed by atoms with E-state index >= 15 is 0 Å². The summed E-state index contributed by atoms with van der Waals surface area (Å²) in [5.74, 6) is 0.644. The number of ether oxygens (including phenoxy) is 1. The summed E-state index contributed by atoms with van der Waals surface area (Å²) in [5.41, 5.74) is -1.05. The third kappa shape index (κ3) is 4.95. The van der Waals surface area contributed by atoms with E-state index in [2.05, 4.69) is 23.9 Å². The molecule has 1 aliphatic heterocycles. The Hall–Kier alpha value is -3.30. The number of likely N-dealkylation sites (tertiary alicyclic amines) is 1. The fraction of sp³-hybridized carbons (Fsp3) is 0.304. The molecule has 0 unspecified atom stereocenters. The number of H-pyrrole nitrogens is 1. The minimum absolute atomic E-state index is 0.0713. The van der Waals surface area contributed by atoms with Crippen molar-refractivity contribution in [1.29, 1.82) is 0 Å². The van der Waals surface area contributed by atoms with Crippen LogP contribution in [-0.2, 0) is 0 Å². The van der Waals surface area contributed by atoms with Crippen LogP contribution in [0.5, 0.6) is 17.2 Å². The quantitative estimate of drug-likeness (QED) is 0.557. The van der Waals surface area contributed by atoms with Crippen LogP contribution in [0.3, 0.4) is 0 Å². The van der Waals surface area contributed by atoms with Gasteiger partial charge in [0.05, 0.1) is 21.3 Å². The standard InChI is InChI=1S/C23H22Cl2N4O5/c1-12-5-13(2)11-28(10-12)22(32)16-8-15(3-4-19(16)30)34-21-17(24)6-14(7-18(21)25)29-23(33)27-20(31)9-26-29/h3-4,6-9,12-13,30H,5,10-11H2,1-2H3,(H,27,31,33)/t12-,13+. The van der Waals surface area contributed by atoms with Gasteiger partial charge in [0.2, 0.25) is 0 Å². The summed E-state index contributed by atoms with van der Waals surface area (Å²) >= 11 is 12.7. The molecular weight excluding hydrogens is 483 g/mol. The molecule has 1 saturated heterocycles. The van der Waals surface area contributed by atoms with Crippen LogP contribution in [0, 0.1) is 11.8 Å². The molecule has 4 rings (SSSR count). The van der Waals surface area contributed by atoms with E-state index in [-0.39, 0.29) is 44.5 Å². The van der Waals surface area contributed by atoms with Crippen molar-refractivity contribution < 1.29 is 14.6 Å². The summed E-state index contributed by atoms with van der Waals surface area (Å²) in [7, 11) is 0. The van der Waals surface area contributed by atoms with Gasteiger partial charge in [-0.05, 0) is 48.6 Å². The lowest BCUT2D eigenvalue weighted by molar-refractivity contribution is 0.0620. The Morgan fingerprint density at radius 2 is 1.76 bits per heavy atom. The molecule has 1 fully saturated rings. The maximum atomic E-state index is 13.1. The molecule has 0 aliphatic carbocycles. The number of carbonyl (C=O) groups excluding carboxylic acids is 1. The maximum absolute atomic E-state index is 13.1. The van der Waals surface area contributed by atoms with Gasteiger partial charge in [-0.1, -0.05) is 37.0 Å². The first-order valence-electron chi connectivity index (χ1n) is 10.6. The lowest BCUT2D eigenvalue weighted by atomic mass is 9.91. The van der Waals surface area contributed by atoms with Gasteiger partial charge in [0.15, 0.2) is 5.75 Å². The molecule has 0 bridgehead atoms. The number of aromatic amines is 1. The summed E-state index contributed by atoms with van der Waals surface area (Å²) in [6.45, 7) is 5.43. The molecular formula is C23H22Cl2N4O5. The van der Waals surface area contributed by atoms with E-state index in [1.165, 1.54) is 30.3 Å². The number of phenolic OH excluding ortho intramolecular Hbond substituents is 1. The second-order valence-corrected chi connectivity index (χ2v) is 9.34. The predicted octanol–water partition coefficient (Wildman–Crippen LogP) is 3.84. The van der Waals surface area contributed by atoms with Crippen molar-refractivity contribution in [2.45, 2.75) is 20.3 Å². The van der Waals surface area contributed by atoms with Crippen molar-refractivity contribution in [2.24, 2.45) is 11.8 Å². The Kier molecular flexibility index (Phi) is 6.67. The third-order valence-corrected chi connectivity index (χ3v) is 6.08. The number of phenols is 1. The summed E-state index contributed by atoms with van der Waals surface area (Å²) in [4.78, 5) is 40.2. The van der Waals surface area contributed by atoms with Crippen LogP contribution < -0.4 is 16.0 Å². The number of rotatable bonds is 4. The highest BCUT2D eigenvalue weighted by atomic mass is 35.5. The molecule has 2 aromatic carbocycles. The number of aromatic nitrogens is 3. The van der Waals surface area contributed by atoms with Gasteiger partial charge in [0.25, 0.3) is 11.5 Å². The summed E-state index contributed by atoms with van der Waals surface area (Å²) in [6, 6.07) is 7.11. The highest BCUT2D eigenvalue weighted by Crippen LogP contribution is 2.39. The first-order chi connectivity index (χ1) is 16.1. The number of hydrogen-bond acceptors (Lipinski definition) is 6. The van der Waals surface area contributed by atoms with Crippen molar-refractivity contribution in [3.05, 3.63) is 73.0 Å². The van der Waals surface area contributed by atoms with Crippen LogP contribution in [-0.4, -0.2) is 43.8 Å². The fourth-order valence-corrected chi connectivity index (χ4v) is 4.72. The highest BCUT2D eigenvalue weighted by Gasteiger charge is 2.28. The molecule has 0 spiro atoms. The number of halogens is 2. The van der Waals surface area contributed by atoms with Crippen LogP contribution in [0.25, 0.3) is 5.69 Å². The first kappa shape index (κ1) is 23.8. The topological polar surface area (TPSA) is 118 Å². The van der Waals surface area contributed by atoms with E-state index in [0.717, 1.165) is 17.3 Å². The van der Waals surface area contributed by atoms with Crippen LogP contribution in [0.1, 0.15) is 30.6 Å². The molecule has 2 atom stereocenters. The van der Waals surface area contributed by atoms with Crippen molar-refractivity contribution in [3.63, 3.8) is 0 Å². The largest absolute Gasteiger partial charge is 0.507 e. The van der Waals surface area contributed by atoms with E-state index < -0.39 is 11.2 Å². The van der Waals surface area contributed by atoms with Gasteiger partial charge >= 0.3 is 5.69 Å².